The lowest BCUT2D eigenvalue weighted by atomic mass is 9.72. The van der Waals surface area contributed by atoms with E-state index in [2.05, 4.69) is 0 Å². The predicted molar refractivity (Wildman–Crippen MR) is 47.9 cm³/mol. The summed E-state index contributed by atoms with van der Waals surface area (Å²) in [4.78, 5) is 10.4. The number of hydrogen-bond donors (Lipinski definition) is 0. The molecule has 0 heterocycles. The molecule has 0 spiro atoms. The first-order chi connectivity index (χ1) is 6.29. The molecule has 0 radical (unpaired) electrons. The van der Waals surface area contributed by atoms with Crippen LogP contribution in [0.1, 0.15) is 24.3 Å². The van der Waals surface area contributed by atoms with Gasteiger partial charge in [-0.05, 0) is 36.5 Å². The fraction of sp³-hybridized carbons (Fsp3) is 0.364. The summed E-state index contributed by atoms with van der Waals surface area (Å²) in [5.41, 5.74) is 1.15. The molecule has 2 rings (SSSR count). The van der Waals surface area contributed by atoms with Gasteiger partial charge in [-0.2, -0.15) is 0 Å². The average Bonchev–Trinajstić information content (AvgIpc) is 2.06. The van der Waals surface area contributed by atoms with Crippen molar-refractivity contribution in [2.24, 2.45) is 5.92 Å². The van der Waals surface area contributed by atoms with Gasteiger partial charge in [-0.25, -0.2) is 4.39 Å². The van der Waals surface area contributed by atoms with Gasteiger partial charge in [0.05, 0.1) is 0 Å². The van der Waals surface area contributed by atoms with Crippen molar-refractivity contribution in [3.05, 3.63) is 35.6 Å². The molecule has 2 heteroatoms. The lowest BCUT2D eigenvalue weighted by molar-refractivity contribution is -0.113. The summed E-state index contributed by atoms with van der Waals surface area (Å²) in [7, 11) is 0. The summed E-state index contributed by atoms with van der Waals surface area (Å²) in [6, 6.07) is 6.56. The smallest absolute Gasteiger partial charge is 0.123 e. The summed E-state index contributed by atoms with van der Waals surface area (Å²) < 4.78 is 12.6. The first kappa shape index (κ1) is 8.42. The molecule has 1 fully saturated rings. The maximum absolute atomic E-state index is 12.6. The zero-order valence-corrected chi connectivity index (χ0v) is 7.24. The average molecular weight is 178 g/mol. The van der Waals surface area contributed by atoms with Crippen LogP contribution in [-0.4, -0.2) is 6.29 Å². The normalized spacial score (nSPS) is 26.5. The van der Waals surface area contributed by atoms with E-state index in [9.17, 15) is 9.18 Å². The SMILES string of the molecule is O=C[C@H]1C[C@H](c2ccc(F)cc2)C1. The molecule has 1 aromatic rings. The summed E-state index contributed by atoms with van der Waals surface area (Å²) >= 11 is 0. The fourth-order valence-electron chi connectivity index (χ4n) is 1.78. The van der Waals surface area contributed by atoms with Crippen LogP contribution < -0.4 is 0 Å². The van der Waals surface area contributed by atoms with Gasteiger partial charge >= 0.3 is 0 Å². The van der Waals surface area contributed by atoms with Crippen LogP contribution in [0.3, 0.4) is 0 Å². The second-order valence-electron chi connectivity index (χ2n) is 3.62. The van der Waals surface area contributed by atoms with Crippen LogP contribution >= 0.6 is 0 Å². The first-order valence-electron chi connectivity index (χ1n) is 4.50. The molecule has 68 valence electrons. The number of benzene rings is 1. The Labute approximate surface area is 76.6 Å². The summed E-state index contributed by atoms with van der Waals surface area (Å²) in [5.74, 6) is 0.501. The third kappa shape index (κ3) is 1.62. The molecule has 0 aromatic heterocycles. The zero-order valence-electron chi connectivity index (χ0n) is 7.24. The minimum Gasteiger partial charge on any atom is -0.303 e. The van der Waals surface area contributed by atoms with E-state index in [4.69, 9.17) is 0 Å². The van der Waals surface area contributed by atoms with E-state index in [0.717, 1.165) is 24.7 Å². The van der Waals surface area contributed by atoms with Crippen molar-refractivity contribution in [1.82, 2.24) is 0 Å². The Morgan fingerprint density at radius 2 is 1.85 bits per heavy atom. The second kappa shape index (κ2) is 3.29. The molecule has 1 aromatic carbocycles. The Bertz CT molecular complexity index is 298. The predicted octanol–water partition coefficient (Wildman–Crippen LogP) is 2.52. The van der Waals surface area contributed by atoms with E-state index < -0.39 is 0 Å². The quantitative estimate of drug-likeness (QED) is 0.636. The number of halogens is 1. The lowest BCUT2D eigenvalue weighted by Crippen LogP contribution is -2.22. The van der Waals surface area contributed by atoms with Crippen molar-refractivity contribution < 1.29 is 9.18 Å². The standard InChI is InChI=1S/C11H11FO/c12-11-3-1-9(2-4-11)10-5-8(6-10)7-13/h1-4,7-8,10H,5-6H2/t8-,10-. The minimum atomic E-state index is -0.199. The number of aldehydes is 1. The van der Waals surface area contributed by atoms with Crippen LogP contribution in [-0.2, 0) is 4.79 Å². The second-order valence-corrected chi connectivity index (χ2v) is 3.62. The molecule has 0 saturated heterocycles. The molecular formula is C11H11FO. The Hall–Kier alpha value is -1.18. The highest BCUT2D eigenvalue weighted by Crippen LogP contribution is 2.40. The largest absolute Gasteiger partial charge is 0.303 e. The fourth-order valence-corrected chi connectivity index (χ4v) is 1.78. The molecule has 0 N–H and O–H groups in total. The molecule has 1 saturated carbocycles. The van der Waals surface area contributed by atoms with Crippen LogP contribution in [0.25, 0.3) is 0 Å². The Morgan fingerprint density at radius 1 is 1.23 bits per heavy atom. The van der Waals surface area contributed by atoms with Crippen molar-refractivity contribution >= 4 is 6.29 Å². The van der Waals surface area contributed by atoms with Gasteiger partial charge in [0.2, 0.25) is 0 Å². The Kier molecular flexibility index (Phi) is 2.13. The van der Waals surface area contributed by atoms with Crippen LogP contribution in [0, 0.1) is 11.7 Å². The van der Waals surface area contributed by atoms with Crippen molar-refractivity contribution in [2.75, 3.05) is 0 Å². The summed E-state index contributed by atoms with van der Waals surface area (Å²) in [6.07, 6.45) is 2.87. The molecule has 1 aliphatic rings. The van der Waals surface area contributed by atoms with E-state index in [1.807, 2.05) is 0 Å². The molecule has 1 aliphatic carbocycles. The van der Waals surface area contributed by atoms with Gasteiger partial charge in [0.1, 0.15) is 12.1 Å². The monoisotopic (exact) mass is 178 g/mol. The van der Waals surface area contributed by atoms with Crippen molar-refractivity contribution in [2.45, 2.75) is 18.8 Å². The van der Waals surface area contributed by atoms with Gasteiger partial charge in [0, 0.05) is 5.92 Å². The van der Waals surface area contributed by atoms with Crippen LogP contribution in [0.15, 0.2) is 24.3 Å². The first-order valence-corrected chi connectivity index (χ1v) is 4.50. The Balaban J connectivity index is 2.03. The van der Waals surface area contributed by atoms with E-state index in [1.54, 1.807) is 12.1 Å². The van der Waals surface area contributed by atoms with Gasteiger partial charge in [0.25, 0.3) is 0 Å². The van der Waals surface area contributed by atoms with Gasteiger partial charge in [-0.1, -0.05) is 12.1 Å². The van der Waals surface area contributed by atoms with E-state index in [1.165, 1.54) is 12.1 Å². The maximum Gasteiger partial charge on any atom is 0.123 e. The minimum absolute atomic E-state index is 0.199. The number of hydrogen-bond acceptors (Lipinski definition) is 1. The highest BCUT2D eigenvalue weighted by molar-refractivity contribution is 5.56. The Morgan fingerprint density at radius 3 is 2.38 bits per heavy atom. The van der Waals surface area contributed by atoms with Gasteiger partial charge < -0.3 is 4.79 Å². The van der Waals surface area contributed by atoms with Crippen molar-refractivity contribution in [1.29, 1.82) is 0 Å². The molecule has 13 heavy (non-hydrogen) atoms. The lowest BCUT2D eigenvalue weighted by Gasteiger charge is -2.31. The molecule has 0 bridgehead atoms. The van der Waals surface area contributed by atoms with Crippen molar-refractivity contribution in [3.63, 3.8) is 0 Å². The van der Waals surface area contributed by atoms with Gasteiger partial charge in [0.15, 0.2) is 0 Å². The molecule has 0 amide bonds. The van der Waals surface area contributed by atoms with Gasteiger partial charge in [-0.15, -0.1) is 0 Å². The third-order valence-corrected chi connectivity index (χ3v) is 2.71. The molecule has 1 nitrogen and oxygen atoms in total. The highest BCUT2D eigenvalue weighted by atomic mass is 19.1. The highest BCUT2D eigenvalue weighted by Gasteiger charge is 2.29. The summed E-state index contributed by atoms with van der Waals surface area (Å²) in [6.45, 7) is 0. The van der Waals surface area contributed by atoms with Crippen LogP contribution in [0.4, 0.5) is 4.39 Å². The number of carbonyl (C=O) groups is 1. The molecule has 0 atom stereocenters. The van der Waals surface area contributed by atoms with Crippen molar-refractivity contribution in [3.8, 4) is 0 Å². The van der Waals surface area contributed by atoms with Gasteiger partial charge in [-0.3, -0.25) is 0 Å². The van der Waals surface area contributed by atoms with Crippen LogP contribution in [0.2, 0.25) is 0 Å². The zero-order chi connectivity index (χ0) is 9.26. The number of carbonyl (C=O) groups excluding carboxylic acids is 1. The van der Waals surface area contributed by atoms with E-state index in [-0.39, 0.29) is 11.7 Å². The summed E-state index contributed by atoms with van der Waals surface area (Å²) in [5, 5.41) is 0. The van der Waals surface area contributed by atoms with Crippen LogP contribution in [0.5, 0.6) is 0 Å². The van der Waals surface area contributed by atoms with E-state index in [0.29, 0.717) is 5.92 Å². The molecule has 0 aliphatic heterocycles. The molecular weight excluding hydrogens is 167 g/mol. The van der Waals surface area contributed by atoms with E-state index >= 15 is 0 Å². The maximum atomic E-state index is 12.6. The number of rotatable bonds is 2. The molecule has 0 unspecified atom stereocenters. The topological polar surface area (TPSA) is 17.1 Å². The third-order valence-electron chi connectivity index (χ3n) is 2.71.